The number of oxime groups is 1. The number of rotatable bonds is 7. The number of aromatic nitrogens is 2. The van der Waals surface area contributed by atoms with Gasteiger partial charge in [0.25, 0.3) is 0 Å². The number of nitrogens with zero attached hydrogens (tertiary/aromatic N) is 4. The Kier molecular flexibility index (Phi) is 7.32. The standard InChI is InChI=1S/C18H13ClF6N4O2/c1-3-31-28-11(9-4-5-10(20)14(22)13(9)21)6-8(7-26)15(30)12-16(18(23,24)25)27-29(2)17(12)19/h4-5,8H,3,6H2,1-2H3/b28-11-. The van der Waals surface area contributed by atoms with Gasteiger partial charge < -0.3 is 4.84 Å². The number of alkyl halides is 3. The number of hydrogen-bond donors (Lipinski definition) is 0. The minimum atomic E-state index is -5.05. The fourth-order valence-corrected chi connectivity index (χ4v) is 2.79. The number of carbonyl (C=O) groups is 1. The van der Waals surface area contributed by atoms with Crippen molar-refractivity contribution in [2.45, 2.75) is 19.5 Å². The van der Waals surface area contributed by atoms with E-state index in [1.807, 2.05) is 0 Å². The number of ketones is 1. The Balaban J connectivity index is 2.52. The molecule has 0 fully saturated rings. The lowest BCUT2D eigenvalue weighted by atomic mass is 9.91. The molecule has 1 atom stereocenters. The summed E-state index contributed by atoms with van der Waals surface area (Å²) in [5.41, 5.74) is -3.78. The van der Waals surface area contributed by atoms with Crippen LogP contribution in [-0.2, 0) is 18.1 Å². The molecule has 0 aliphatic carbocycles. The largest absolute Gasteiger partial charge is 0.435 e. The Bertz CT molecular complexity index is 1070. The molecular formula is C18H13ClF6N4O2. The lowest BCUT2D eigenvalue weighted by molar-refractivity contribution is -0.141. The summed E-state index contributed by atoms with van der Waals surface area (Å²) in [5.74, 6) is -8.22. The minimum Gasteiger partial charge on any atom is -0.396 e. The average Bonchev–Trinajstić information content (AvgIpc) is 3.01. The molecule has 0 saturated carbocycles. The highest BCUT2D eigenvalue weighted by molar-refractivity contribution is 6.33. The van der Waals surface area contributed by atoms with Gasteiger partial charge in [-0.3, -0.25) is 9.48 Å². The molecule has 1 unspecified atom stereocenters. The summed E-state index contributed by atoms with van der Waals surface area (Å²) in [6, 6.07) is 2.87. The summed E-state index contributed by atoms with van der Waals surface area (Å²) in [6.45, 7) is 1.44. The Morgan fingerprint density at radius 3 is 2.52 bits per heavy atom. The third kappa shape index (κ3) is 4.99. The number of halogens is 7. The topological polar surface area (TPSA) is 80.3 Å². The molecule has 13 heteroatoms. The van der Waals surface area contributed by atoms with E-state index in [9.17, 15) is 36.4 Å². The van der Waals surface area contributed by atoms with Crippen LogP contribution < -0.4 is 0 Å². The smallest absolute Gasteiger partial charge is 0.396 e. The molecule has 0 amide bonds. The molecular weight excluding hydrogens is 454 g/mol. The van der Waals surface area contributed by atoms with Gasteiger partial charge >= 0.3 is 6.18 Å². The number of aryl methyl sites for hydroxylation is 1. The molecule has 0 N–H and O–H groups in total. The van der Waals surface area contributed by atoms with E-state index in [4.69, 9.17) is 16.4 Å². The van der Waals surface area contributed by atoms with Crippen LogP contribution in [0.3, 0.4) is 0 Å². The molecule has 0 radical (unpaired) electrons. The molecule has 0 bridgehead atoms. The third-order valence-corrected chi connectivity index (χ3v) is 4.45. The van der Waals surface area contributed by atoms with E-state index in [1.54, 1.807) is 0 Å². The highest BCUT2D eigenvalue weighted by Gasteiger charge is 2.42. The SMILES string of the molecule is CCO/N=C(/CC(C#N)C(=O)c1c(C(F)(F)F)nn(C)c1Cl)c1ccc(F)c(F)c1F. The molecule has 166 valence electrons. The average molecular weight is 467 g/mol. The number of Topliss-reactive ketones (excluding diaryl/α,β-unsaturated/α-hetero) is 1. The van der Waals surface area contributed by atoms with Crippen molar-refractivity contribution in [3.63, 3.8) is 0 Å². The Hall–Kier alpha value is -3.07. The van der Waals surface area contributed by atoms with E-state index in [0.29, 0.717) is 10.7 Å². The monoisotopic (exact) mass is 466 g/mol. The van der Waals surface area contributed by atoms with Gasteiger partial charge in [-0.05, 0) is 19.1 Å². The van der Waals surface area contributed by atoms with E-state index in [2.05, 4.69) is 10.3 Å². The van der Waals surface area contributed by atoms with Gasteiger partial charge in [0.1, 0.15) is 17.7 Å². The molecule has 0 aliphatic rings. The fourth-order valence-electron chi connectivity index (χ4n) is 2.57. The summed E-state index contributed by atoms with van der Waals surface area (Å²) in [6.07, 6.45) is -5.83. The summed E-state index contributed by atoms with van der Waals surface area (Å²) in [5, 5.41) is 15.4. The Labute approximate surface area is 176 Å². The normalized spacial score (nSPS) is 13.1. The van der Waals surface area contributed by atoms with Crippen molar-refractivity contribution >= 4 is 23.1 Å². The highest BCUT2D eigenvalue weighted by atomic mass is 35.5. The van der Waals surface area contributed by atoms with Crippen molar-refractivity contribution in [3.05, 3.63) is 51.6 Å². The Morgan fingerprint density at radius 2 is 1.97 bits per heavy atom. The maximum Gasteiger partial charge on any atom is 0.435 e. The lowest BCUT2D eigenvalue weighted by Gasteiger charge is -2.13. The van der Waals surface area contributed by atoms with E-state index in [-0.39, 0.29) is 6.61 Å². The van der Waals surface area contributed by atoms with Gasteiger partial charge in [0.15, 0.2) is 28.9 Å². The van der Waals surface area contributed by atoms with Crippen molar-refractivity contribution in [1.29, 1.82) is 5.26 Å². The van der Waals surface area contributed by atoms with Crippen LogP contribution in [0.1, 0.15) is 35.0 Å². The van der Waals surface area contributed by atoms with Crippen LogP contribution in [0, 0.1) is 34.7 Å². The summed E-state index contributed by atoms with van der Waals surface area (Å²) in [7, 11) is 1.06. The van der Waals surface area contributed by atoms with Gasteiger partial charge in [-0.1, -0.05) is 16.8 Å². The zero-order valence-corrected chi connectivity index (χ0v) is 16.7. The molecule has 0 spiro atoms. The molecule has 2 aromatic rings. The second-order valence-electron chi connectivity index (χ2n) is 6.06. The van der Waals surface area contributed by atoms with Crippen molar-refractivity contribution in [2.24, 2.45) is 18.1 Å². The van der Waals surface area contributed by atoms with Crippen LogP contribution in [0.15, 0.2) is 17.3 Å². The van der Waals surface area contributed by atoms with Crippen LogP contribution in [0.4, 0.5) is 26.3 Å². The molecule has 1 heterocycles. The second-order valence-corrected chi connectivity index (χ2v) is 6.42. The van der Waals surface area contributed by atoms with E-state index in [1.165, 1.54) is 13.0 Å². The lowest BCUT2D eigenvalue weighted by Crippen LogP contribution is -2.22. The predicted octanol–water partition coefficient (Wildman–Crippen LogP) is 4.66. The van der Waals surface area contributed by atoms with Gasteiger partial charge in [0, 0.05) is 19.0 Å². The van der Waals surface area contributed by atoms with E-state index >= 15 is 0 Å². The van der Waals surface area contributed by atoms with Crippen LogP contribution >= 0.6 is 11.6 Å². The molecule has 0 aliphatic heterocycles. The van der Waals surface area contributed by atoms with E-state index < -0.39 is 69.4 Å². The first-order chi connectivity index (χ1) is 14.4. The maximum atomic E-state index is 14.2. The molecule has 31 heavy (non-hydrogen) atoms. The zero-order valence-electron chi connectivity index (χ0n) is 15.9. The Morgan fingerprint density at radius 1 is 1.32 bits per heavy atom. The summed E-state index contributed by atoms with van der Waals surface area (Å²) < 4.78 is 81.4. The van der Waals surface area contributed by atoms with Gasteiger partial charge in [-0.25, -0.2) is 13.2 Å². The number of benzene rings is 1. The van der Waals surface area contributed by atoms with Crippen LogP contribution in [0.25, 0.3) is 0 Å². The van der Waals surface area contributed by atoms with Crippen molar-refractivity contribution in [2.75, 3.05) is 6.61 Å². The first kappa shape index (κ1) is 24.2. The maximum absolute atomic E-state index is 14.2. The fraction of sp³-hybridized carbons (Fsp3) is 0.333. The molecule has 1 aromatic heterocycles. The van der Waals surface area contributed by atoms with Crippen molar-refractivity contribution < 1.29 is 36.0 Å². The minimum absolute atomic E-state index is 0.0490. The molecule has 2 rings (SSSR count). The summed E-state index contributed by atoms with van der Waals surface area (Å²) in [4.78, 5) is 17.5. The van der Waals surface area contributed by atoms with Crippen molar-refractivity contribution in [3.8, 4) is 6.07 Å². The van der Waals surface area contributed by atoms with Crippen LogP contribution in [-0.4, -0.2) is 27.9 Å². The number of carbonyl (C=O) groups excluding carboxylic acids is 1. The van der Waals surface area contributed by atoms with Crippen LogP contribution in [0.5, 0.6) is 0 Å². The summed E-state index contributed by atoms with van der Waals surface area (Å²) >= 11 is 5.78. The highest BCUT2D eigenvalue weighted by Crippen LogP contribution is 2.36. The molecule has 6 nitrogen and oxygen atoms in total. The van der Waals surface area contributed by atoms with Crippen molar-refractivity contribution in [1.82, 2.24) is 9.78 Å². The third-order valence-electron chi connectivity index (χ3n) is 4.01. The second kappa shape index (κ2) is 9.38. The van der Waals surface area contributed by atoms with Gasteiger partial charge in [0.05, 0.1) is 17.3 Å². The first-order valence-electron chi connectivity index (χ1n) is 8.50. The first-order valence-corrected chi connectivity index (χ1v) is 8.87. The quantitative estimate of drug-likeness (QED) is 0.195. The van der Waals surface area contributed by atoms with Gasteiger partial charge in [-0.2, -0.15) is 23.5 Å². The molecule has 1 aromatic carbocycles. The van der Waals surface area contributed by atoms with Crippen LogP contribution in [0.2, 0.25) is 5.15 Å². The van der Waals surface area contributed by atoms with E-state index in [0.717, 1.165) is 13.1 Å². The van der Waals surface area contributed by atoms with Gasteiger partial charge in [-0.15, -0.1) is 0 Å². The number of hydrogen-bond acceptors (Lipinski definition) is 5. The zero-order chi connectivity index (χ0) is 23.5. The predicted molar refractivity (Wildman–Crippen MR) is 95.7 cm³/mol. The van der Waals surface area contributed by atoms with Gasteiger partial charge in [0.2, 0.25) is 0 Å². The number of nitriles is 1. The molecule has 0 saturated heterocycles.